The molecule has 1 rings (SSSR count). The summed E-state index contributed by atoms with van der Waals surface area (Å²) in [6, 6.07) is -1.10. The Balaban J connectivity index is 2.40. The molecule has 8 nitrogen and oxygen atoms in total. The summed E-state index contributed by atoms with van der Waals surface area (Å²) in [5.41, 5.74) is 10.7. The van der Waals surface area contributed by atoms with Gasteiger partial charge in [-0.05, 0) is 12.8 Å². The number of amides is 2. The van der Waals surface area contributed by atoms with E-state index >= 15 is 0 Å². The Hall–Kier alpha value is -1.67. The molecule has 19 heavy (non-hydrogen) atoms. The zero-order valence-electron chi connectivity index (χ0n) is 10.7. The van der Waals surface area contributed by atoms with Gasteiger partial charge in [-0.25, -0.2) is 4.79 Å². The Morgan fingerprint density at radius 2 is 1.89 bits per heavy atom. The predicted molar refractivity (Wildman–Crippen MR) is 67.0 cm³/mol. The highest BCUT2D eigenvalue weighted by molar-refractivity contribution is 5.88. The molecule has 1 aliphatic rings. The number of piperidine rings is 1. The number of nitrogens with one attached hydrogen (secondary N) is 1. The Morgan fingerprint density at radius 1 is 1.32 bits per heavy atom. The maximum Gasteiger partial charge on any atom is 0.326 e. The van der Waals surface area contributed by atoms with Gasteiger partial charge >= 0.3 is 5.97 Å². The molecule has 108 valence electrons. The first-order chi connectivity index (χ1) is 8.88. The molecular formula is C11H20N4O4. The standard InChI is InChI=1S/C11H20N4O4/c12-7-1-3-15(4-2-7)6-10(17)14-8(11(18)19)5-9(13)16/h7-8H,1-6,12H2,(H2,13,16)(H,14,17)(H,18,19)/t8-/m0/s1. The second kappa shape index (κ2) is 7.05. The van der Waals surface area contributed by atoms with Crippen LogP contribution in [-0.4, -0.2) is 59.5 Å². The van der Waals surface area contributed by atoms with Gasteiger partial charge in [0.1, 0.15) is 6.04 Å². The van der Waals surface area contributed by atoms with E-state index in [-0.39, 0.29) is 12.6 Å². The number of hydrogen-bond acceptors (Lipinski definition) is 5. The van der Waals surface area contributed by atoms with Crippen LogP contribution in [0.3, 0.4) is 0 Å². The van der Waals surface area contributed by atoms with Gasteiger partial charge in [0.05, 0.1) is 13.0 Å². The number of nitrogens with zero attached hydrogens (tertiary/aromatic N) is 1. The third-order valence-electron chi connectivity index (χ3n) is 3.04. The second-order valence-corrected chi connectivity index (χ2v) is 4.74. The number of primary amides is 1. The summed E-state index contributed by atoms with van der Waals surface area (Å²) in [5.74, 6) is -2.46. The van der Waals surface area contributed by atoms with E-state index in [2.05, 4.69) is 5.32 Å². The van der Waals surface area contributed by atoms with Crippen LogP contribution in [0.4, 0.5) is 0 Å². The van der Waals surface area contributed by atoms with Crippen LogP contribution in [0.1, 0.15) is 19.3 Å². The maximum atomic E-state index is 11.7. The number of hydrogen-bond donors (Lipinski definition) is 4. The van der Waals surface area contributed by atoms with Gasteiger partial charge in [0.2, 0.25) is 11.8 Å². The first-order valence-electron chi connectivity index (χ1n) is 6.17. The van der Waals surface area contributed by atoms with Crippen LogP contribution in [0.2, 0.25) is 0 Å². The molecule has 0 spiro atoms. The highest BCUT2D eigenvalue weighted by Crippen LogP contribution is 2.07. The van der Waals surface area contributed by atoms with Crippen molar-refractivity contribution in [2.45, 2.75) is 31.3 Å². The minimum Gasteiger partial charge on any atom is -0.480 e. The Bertz CT molecular complexity index is 353. The molecule has 1 fully saturated rings. The van der Waals surface area contributed by atoms with Crippen molar-refractivity contribution in [1.29, 1.82) is 0 Å². The molecule has 0 aliphatic carbocycles. The summed E-state index contributed by atoms with van der Waals surface area (Å²) in [7, 11) is 0. The van der Waals surface area contributed by atoms with E-state index in [1.807, 2.05) is 4.90 Å². The third kappa shape index (κ3) is 5.66. The number of carbonyl (C=O) groups excluding carboxylic acids is 2. The molecule has 0 unspecified atom stereocenters. The molecule has 1 atom stereocenters. The zero-order chi connectivity index (χ0) is 14.4. The molecule has 1 heterocycles. The fourth-order valence-corrected chi connectivity index (χ4v) is 1.96. The van der Waals surface area contributed by atoms with Crippen molar-refractivity contribution in [3.63, 3.8) is 0 Å². The predicted octanol–water partition coefficient (Wildman–Crippen LogP) is -2.15. The molecule has 2 amide bonds. The number of likely N-dealkylation sites (tertiary alicyclic amines) is 1. The molecule has 0 saturated carbocycles. The van der Waals surface area contributed by atoms with Crippen molar-refractivity contribution >= 4 is 17.8 Å². The number of nitrogens with two attached hydrogens (primary N) is 2. The fourth-order valence-electron chi connectivity index (χ4n) is 1.96. The van der Waals surface area contributed by atoms with Crippen molar-refractivity contribution in [1.82, 2.24) is 10.2 Å². The van der Waals surface area contributed by atoms with Crippen molar-refractivity contribution in [3.05, 3.63) is 0 Å². The lowest BCUT2D eigenvalue weighted by molar-refractivity contribution is -0.143. The van der Waals surface area contributed by atoms with E-state index in [4.69, 9.17) is 16.6 Å². The van der Waals surface area contributed by atoms with Gasteiger partial charge < -0.3 is 21.9 Å². The van der Waals surface area contributed by atoms with Crippen molar-refractivity contribution in [2.75, 3.05) is 19.6 Å². The van der Waals surface area contributed by atoms with Gasteiger partial charge in [-0.3, -0.25) is 14.5 Å². The number of carboxylic acid groups (broad SMARTS) is 1. The highest BCUT2D eigenvalue weighted by Gasteiger charge is 2.24. The monoisotopic (exact) mass is 272 g/mol. The molecule has 0 aromatic carbocycles. The van der Waals surface area contributed by atoms with Crippen molar-refractivity contribution in [2.24, 2.45) is 11.5 Å². The van der Waals surface area contributed by atoms with Crippen LogP contribution < -0.4 is 16.8 Å². The number of carbonyl (C=O) groups is 3. The minimum atomic E-state index is -1.27. The van der Waals surface area contributed by atoms with Gasteiger partial charge in [0, 0.05) is 19.1 Å². The molecule has 0 bridgehead atoms. The average Bonchev–Trinajstić information content (AvgIpc) is 2.30. The maximum absolute atomic E-state index is 11.7. The Kier molecular flexibility index (Phi) is 5.71. The largest absolute Gasteiger partial charge is 0.480 e. The first-order valence-corrected chi connectivity index (χ1v) is 6.17. The van der Waals surface area contributed by atoms with Crippen LogP contribution in [0.15, 0.2) is 0 Å². The van der Waals surface area contributed by atoms with Gasteiger partial charge in [0.25, 0.3) is 0 Å². The smallest absolute Gasteiger partial charge is 0.326 e. The lowest BCUT2D eigenvalue weighted by Gasteiger charge is -2.29. The van der Waals surface area contributed by atoms with Gasteiger partial charge in [-0.2, -0.15) is 0 Å². The van der Waals surface area contributed by atoms with Gasteiger partial charge in [-0.1, -0.05) is 0 Å². The fraction of sp³-hybridized carbons (Fsp3) is 0.727. The van der Waals surface area contributed by atoms with Crippen LogP contribution in [0.25, 0.3) is 0 Å². The average molecular weight is 272 g/mol. The topological polar surface area (TPSA) is 139 Å². The van der Waals surface area contributed by atoms with Crippen LogP contribution >= 0.6 is 0 Å². The Labute approximate surface area is 111 Å². The Morgan fingerprint density at radius 3 is 2.37 bits per heavy atom. The molecular weight excluding hydrogens is 252 g/mol. The normalized spacial score (nSPS) is 18.8. The second-order valence-electron chi connectivity index (χ2n) is 4.74. The van der Waals surface area contributed by atoms with E-state index in [9.17, 15) is 14.4 Å². The molecule has 1 aliphatic heterocycles. The summed E-state index contributed by atoms with van der Waals surface area (Å²) in [6.45, 7) is 1.53. The highest BCUT2D eigenvalue weighted by atomic mass is 16.4. The third-order valence-corrected chi connectivity index (χ3v) is 3.04. The molecule has 8 heteroatoms. The van der Waals surface area contributed by atoms with Crippen LogP contribution in [0.5, 0.6) is 0 Å². The van der Waals surface area contributed by atoms with E-state index in [0.717, 1.165) is 12.8 Å². The van der Waals surface area contributed by atoms with Gasteiger partial charge in [-0.15, -0.1) is 0 Å². The summed E-state index contributed by atoms with van der Waals surface area (Å²) >= 11 is 0. The van der Waals surface area contributed by atoms with E-state index in [0.29, 0.717) is 13.1 Å². The summed E-state index contributed by atoms with van der Waals surface area (Å²) in [4.78, 5) is 35.2. The minimum absolute atomic E-state index is 0.106. The van der Waals surface area contributed by atoms with Gasteiger partial charge in [0.15, 0.2) is 0 Å². The molecule has 0 aromatic rings. The molecule has 0 aromatic heterocycles. The number of aliphatic carboxylic acids is 1. The SMILES string of the molecule is NC(=O)C[C@H](NC(=O)CN1CCC(N)CC1)C(=O)O. The lowest BCUT2D eigenvalue weighted by Crippen LogP contribution is -2.49. The van der Waals surface area contributed by atoms with E-state index in [1.165, 1.54) is 0 Å². The summed E-state index contributed by atoms with van der Waals surface area (Å²) in [6.07, 6.45) is 1.22. The molecule has 0 radical (unpaired) electrons. The zero-order valence-corrected chi connectivity index (χ0v) is 10.7. The van der Waals surface area contributed by atoms with Crippen molar-refractivity contribution in [3.8, 4) is 0 Å². The summed E-state index contributed by atoms with van der Waals surface area (Å²) < 4.78 is 0. The molecule has 1 saturated heterocycles. The number of rotatable bonds is 6. The van der Waals surface area contributed by atoms with E-state index < -0.39 is 30.2 Å². The van der Waals surface area contributed by atoms with Crippen molar-refractivity contribution < 1.29 is 19.5 Å². The molecule has 6 N–H and O–H groups in total. The number of carboxylic acids is 1. The van der Waals surface area contributed by atoms with E-state index in [1.54, 1.807) is 0 Å². The quantitative estimate of drug-likeness (QED) is 0.435. The lowest BCUT2D eigenvalue weighted by atomic mass is 10.1. The first kappa shape index (κ1) is 15.4. The van der Waals surface area contributed by atoms with Crippen LogP contribution in [-0.2, 0) is 14.4 Å². The van der Waals surface area contributed by atoms with Crippen LogP contribution in [0, 0.1) is 0 Å². The summed E-state index contributed by atoms with van der Waals surface area (Å²) in [5, 5.41) is 11.2.